The molecule has 1 heterocycles. The predicted octanol–water partition coefficient (Wildman–Crippen LogP) is 3.71. The van der Waals surface area contributed by atoms with Gasteiger partial charge in [0.25, 0.3) is 5.91 Å². The molecule has 128 valence electrons. The Labute approximate surface area is 146 Å². The van der Waals surface area contributed by atoms with Crippen molar-refractivity contribution in [2.45, 2.75) is 40.0 Å². The molecule has 0 radical (unpaired) electrons. The molecule has 1 unspecified atom stereocenters. The van der Waals surface area contributed by atoms with E-state index in [1.165, 1.54) is 11.3 Å². The van der Waals surface area contributed by atoms with Crippen molar-refractivity contribution in [1.82, 2.24) is 15.8 Å². The quantitative estimate of drug-likeness (QED) is 0.784. The fourth-order valence-electron chi connectivity index (χ4n) is 2.46. The summed E-state index contributed by atoms with van der Waals surface area (Å²) in [6.45, 7) is 5.92. The molecule has 2 aromatic rings. The van der Waals surface area contributed by atoms with Crippen LogP contribution in [-0.2, 0) is 4.79 Å². The molecule has 0 spiro atoms. The average molecular weight is 345 g/mol. The minimum atomic E-state index is -0.330. The molecule has 2 N–H and O–H groups in total. The Balaban J connectivity index is 1.96. The summed E-state index contributed by atoms with van der Waals surface area (Å²) >= 11 is 1.32. The van der Waals surface area contributed by atoms with Crippen molar-refractivity contribution in [2.75, 3.05) is 0 Å². The maximum absolute atomic E-state index is 12.3. The van der Waals surface area contributed by atoms with Crippen LogP contribution < -0.4 is 10.9 Å². The van der Waals surface area contributed by atoms with Crippen LogP contribution in [0.3, 0.4) is 0 Å². The summed E-state index contributed by atoms with van der Waals surface area (Å²) in [5.74, 6) is -0.194. The molecule has 24 heavy (non-hydrogen) atoms. The lowest BCUT2D eigenvalue weighted by molar-refractivity contribution is -0.122. The van der Waals surface area contributed by atoms with Crippen molar-refractivity contribution in [1.29, 1.82) is 0 Å². The Hall–Kier alpha value is -2.21. The normalized spacial score (nSPS) is 11.8. The molecule has 0 fully saturated rings. The highest BCUT2D eigenvalue weighted by Gasteiger charge is 2.17. The molecule has 0 aliphatic rings. The lowest BCUT2D eigenvalue weighted by Crippen LogP contribution is -2.42. The van der Waals surface area contributed by atoms with Crippen molar-refractivity contribution in [3.05, 3.63) is 40.9 Å². The number of benzene rings is 1. The Morgan fingerprint density at radius 2 is 1.92 bits per heavy atom. The SMILES string of the molecule is CCCC(C)CC(=O)NNC(=O)c1sc(-c2ccccc2)nc1C. The number of hydrogen-bond acceptors (Lipinski definition) is 4. The molecule has 1 aromatic heterocycles. The van der Waals surface area contributed by atoms with Gasteiger partial charge in [0.15, 0.2) is 0 Å². The fourth-order valence-corrected chi connectivity index (χ4v) is 3.42. The zero-order chi connectivity index (χ0) is 17.5. The van der Waals surface area contributed by atoms with Crippen LogP contribution in [0.25, 0.3) is 10.6 Å². The first-order chi connectivity index (χ1) is 11.5. The van der Waals surface area contributed by atoms with Crippen LogP contribution in [0, 0.1) is 12.8 Å². The third-order valence-electron chi connectivity index (χ3n) is 3.65. The molecular formula is C18H23N3O2S. The van der Waals surface area contributed by atoms with E-state index >= 15 is 0 Å². The fraction of sp³-hybridized carbons (Fsp3) is 0.389. The molecule has 0 saturated carbocycles. The van der Waals surface area contributed by atoms with Gasteiger partial charge in [-0.15, -0.1) is 11.3 Å². The Kier molecular flexibility index (Phi) is 6.49. The molecule has 0 saturated heterocycles. The molecule has 2 rings (SSSR count). The molecule has 1 aromatic carbocycles. The second-order valence-electron chi connectivity index (χ2n) is 5.90. The third-order valence-corrected chi connectivity index (χ3v) is 4.86. The van der Waals surface area contributed by atoms with Crippen LogP contribution in [-0.4, -0.2) is 16.8 Å². The number of thiazole rings is 1. The maximum atomic E-state index is 12.3. The lowest BCUT2D eigenvalue weighted by atomic mass is 10.0. The largest absolute Gasteiger partial charge is 0.281 e. The first kappa shape index (κ1) is 18.1. The summed E-state index contributed by atoms with van der Waals surface area (Å²) in [6, 6.07) is 9.72. The predicted molar refractivity (Wildman–Crippen MR) is 96.6 cm³/mol. The van der Waals surface area contributed by atoms with Gasteiger partial charge in [-0.05, 0) is 12.8 Å². The second-order valence-corrected chi connectivity index (χ2v) is 6.90. The van der Waals surface area contributed by atoms with Crippen molar-refractivity contribution in [2.24, 2.45) is 5.92 Å². The van der Waals surface area contributed by atoms with E-state index in [0.29, 0.717) is 22.9 Å². The Morgan fingerprint density at radius 1 is 1.21 bits per heavy atom. The van der Waals surface area contributed by atoms with E-state index in [4.69, 9.17) is 0 Å². The first-order valence-corrected chi connectivity index (χ1v) is 8.95. The van der Waals surface area contributed by atoms with E-state index in [9.17, 15) is 9.59 Å². The molecular weight excluding hydrogens is 322 g/mol. The summed E-state index contributed by atoms with van der Waals surface area (Å²) in [5, 5.41) is 0.793. The highest BCUT2D eigenvalue weighted by molar-refractivity contribution is 7.17. The molecule has 1 atom stereocenters. The summed E-state index contributed by atoms with van der Waals surface area (Å²) in [5.41, 5.74) is 6.60. The lowest BCUT2D eigenvalue weighted by Gasteiger charge is -2.10. The Morgan fingerprint density at radius 3 is 2.58 bits per heavy atom. The molecule has 0 bridgehead atoms. The summed E-state index contributed by atoms with van der Waals surface area (Å²) in [6.07, 6.45) is 2.45. The van der Waals surface area contributed by atoms with Gasteiger partial charge in [0, 0.05) is 12.0 Å². The minimum absolute atomic E-state index is 0.172. The Bertz CT molecular complexity index is 698. The molecule has 0 aliphatic heterocycles. The van der Waals surface area contributed by atoms with Gasteiger partial charge in [-0.3, -0.25) is 20.4 Å². The summed E-state index contributed by atoms with van der Waals surface area (Å²) < 4.78 is 0. The number of nitrogens with zero attached hydrogens (tertiary/aromatic N) is 1. The van der Waals surface area contributed by atoms with Crippen LogP contribution in [0.2, 0.25) is 0 Å². The number of amides is 2. The smallest absolute Gasteiger partial charge is 0.273 e. The van der Waals surface area contributed by atoms with E-state index in [-0.39, 0.29) is 11.8 Å². The van der Waals surface area contributed by atoms with Crippen LogP contribution >= 0.6 is 11.3 Å². The number of carbonyl (C=O) groups excluding carboxylic acids is 2. The standard InChI is InChI=1S/C18H23N3O2S/c1-4-8-12(2)11-15(22)20-21-17(23)16-13(3)19-18(24-16)14-9-6-5-7-10-14/h5-7,9-10,12H,4,8,11H2,1-3H3,(H,20,22)(H,21,23). The van der Waals surface area contributed by atoms with Gasteiger partial charge in [0.2, 0.25) is 5.91 Å². The molecule has 2 amide bonds. The zero-order valence-electron chi connectivity index (χ0n) is 14.3. The van der Waals surface area contributed by atoms with Crippen molar-refractivity contribution in [3.63, 3.8) is 0 Å². The summed E-state index contributed by atoms with van der Waals surface area (Å²) in [4.78, 5) is 29.1. The number of rotatable bonds is 6. The van der Waals surface area contributed by atoms with Crippen LogP contribution in [0.5, 0.6) is 0 Å². The van der Waals surface area contributed by atoms with Crippen LogP contribution in [0.15, 0.2) is 30.3 Å². The van der Waals surface area contributed by atoms with Gasteiger partial charge in [-0.2, -0.15) is 0 Å². The molecule has 0 aliphatic carbocycles. The highest BCUT2D eigenvalue weighted by Crippen LogP contribution is 2.27. The number of hydrazine groups is 1. The number of aryl methyl sites for hydroxylation is 1. The summed E-state index contributed by atoms with van der Waals surface area (Å²) in [7, 11) is 0. The minimum Gasteiger partial charge on any atom is -0.273 e. The highest BCUT2D eigenvalue weighted by atomic mass is 32.1. The van der Waals surface area contributed by atoms with E-state index in [0.717, 1.165) is 23.4 Å². The second kappa shape index (κ2) is 8.59. The topological polar surface area (TPSA) is 71.1 Å². The van der Waals surface area contributed by atoms with Crippen molar-refractivity contribution < 1.29 is 9.59 Å². The van der Waals surface area contributed by atoms with Crippen molar-refractivity contribution >= 4 is 23.2 Å². The maximum Gasteiger partial charge on any atom is 0.281 e. The first-order valence-electron chi connectivity index (χ1n) is 8.13. The average Bonchev–Trinajstić information content (AvgIpc) is 2.95. The van der Waals surface area contributed by atoms with Gasteiger partial charge >= 0.3 is 0 Å². The number of hydrogen-bond donors (Lipinski definition) is 2. The van der Waals surface area contributed by atoms with Gasteiger partial charge in [0.1, 0.15) is 9.88 Å². The van der Waals surface area contributed by atoms with Crippen LogP contribution in [0.4, 0.5) is 0 Å². The van der Waals surface area contributed by atoms with Gasteiger partial charge in [0.05, 0.1) is 5.69 Å². The van der Waals surface area contributed by atoms with Gasteiger partial charge in [-0.1, -0.05) is 57.0 Å². The van der Waals surface area contributed by atoms with Gasteiger partial charge in [-0.25, -0.2) is 4.98 Å². The van der Waals surface area contributed by atoms with E-state index in [1.807, 2.05) is 37.3 Å². The zero-order valence-corrected chi connectivity index (χ0v) is 15.1. The molecule has 6 heteroatoms. The number of carbonyl (C=O) groups is 2. The van der Waals surface area contributed by atoms with Gasteiger partial charge < -0.3 is 0 Å². The van der Waals surface area contributed by atoms with Crippen LogP contribution in [0.1, 0.15) is 48.5 Å². The molecule has 5 nitrogen and oxygen atoms in total. The number of aromatic nitrogens is 1. The van der Waals surface area contributed by atoms with E-state index in [1.54, 1.807) is 6.92 Å². The van der Waals surface area contributed by atoms with E-state index in [2.05, 4.69) is 22.8 Å². The number of nitrogens with one attached hydrogen (secondary N) is 2. The third kappa shape index (κ3) is 4.89. The van der Waals surface area contributed by atoms with E-state index < -0.39 is 0 Å². The van der Waals surface area contributed by atoms with Crippen molar-refractivity contribution in [3.8, 4) is 10.6 Å². The monoisotopic (exact) mass is 345 g/mol.